The van der Waals surface area contributed by atoms with Gasteiger partial charge < -0.3 is 0 Å². The van der Waals surface area contributed by atoms with E-state index in [1.54, 1.807) is 6.21 Å². The van der Waals surface area contributed by atoms with Crippen LogP contribution in [-0.4, -0.2) is 12.1 Å². The van der Waals surface area contributed by atoms with Gasteiger partial charge in [-0.1, -0.05) is 30.3 Å². The summed E-state index contributed by atoms with van der Waals surface area (Å²) in [5.41, 5.74) is 2.30. The summed E-state index contributed by atoms with van der Waals surface area (Å²) in [5.74, 6) is -0.0796. The molecule has 0 fully saturated rings. The fourth-order valence-corrected chi connectivity index (χ4v) is 1.52. The summed E-state index contributed by atoms with van der Waals surface area (Å²) in [5, 5.41) is 0. The van der Waals surface area contributed by atoms with Crippen molar-refractivity contribution < 1.29 is 4.79 Å². The van der Waals surface area contributed by atoms with Crippen molar-refractivity contribution in [3.05, 3.63) is 47.5 Å². The third-order valence-electron chi connectivity index (χ3n) is 2.24. The van der Waals surface area contributed by atoms with Crippen LogP contribution in [0.2, 0.25) is 0 Å². The number of carbonyl (C=O) groups excluding carboxylic acids is 1. The number of hydrogen-bond acceptors (Lipinski definition) is 1. The number of nitrogens with zero attached hydrogens (tertiary/aromatic N) is 1. The highest BCUT2D eigenvalue weighted by atomic mass is 16.1. The predicted molar refractivity (Wildman–Crippen MR) is 56.5 cm³/mol. The van der Waals surface area contributed by atoms with E-state index in [1.165, 1.54) is 5.56 Å². The van der Waals surface area contributed by atoms with E-state index in [1.807, 2.05) is 30.4 Å². The van der Waals surface area contributed by atoms with Crippen LogP contribution in [0, 0.1) is 0 Å². The molecule has 1 aliphatic rings. The summed E-state index contributed by atoms with van der Waals surface area (Å²) in [7, 11) is 0. The summed E-state index contributed by atoms with van der Waals surface area (Å²) in [6.07, 6.45) is 6.68. The summed E-state index contributed by atoms with van der Waals surface area (Å²) < 4.78 is 0. The molecule has 2 heteroatoms. The molecule has 0 aromatic heterocycles. The highest BCUT2D eigenvalue weighted by Gasteiger charge is 2.05. The molecule has 1 amide bonds. The van der Waals surface area contributed by atoms with Gasteiger partial charge in [-0.05, 0) is 23.6 Å². The number of amides is 1. The van der Waals surface area contributed by atoms with Crippen LogP contribution in [0.25, 0.3) is 0 Å². The number of fused-ring (bicyclic) bond motifs is 1. The van der Waals surface area contributed by atoms with Gasteiger partial charge >= 0.3 is 0 Å². The molecule has 1 aromatic carbocycles. The minimum Gasteiger partial charge on any atom is -0.272 e. The fourth-order valence-electron chi connectivity index (χ4n) is 1.52. The number of carbonyl (C=O) groups is 1. The van der Waals surface area contributed by atoms with E-state index in [0.29, 0.717) is 6.42 Å². The van der Waals surface area contributed by atoms with Gasteiger partial charge in [0.05, 0.1) is 6.42 Å². The van der Waals surface area contributed by atoms with Crippen molar-refractivity contribution in [2.45, 2.75) is 12.8 Å². The van der Waals surface area contributed by atoms with Crippen LogP contribution < -0.4 is 0 Å². The molecule has 1 aromatic rings. The molecule has 0 atom stereocenters. The van der Waals surface area contributed by atoms with Crippen LogP contribution in [0.1, 0.15) is 11.1 Å². The molecule has 2 nitrogen and oxygen atoms in total. The fraction of sp³-hybridized carbons (Fsp3) is 0.167. The lowest BCUT2D eigenvalue weighted by atomic mass is 10.0. The number of benzene rings is 1. The highest BCUT2D eigenvalue weighted by Crippen LogP contribution is 2.12. The van der Waals surface area contributed by atoms with Crippen molar-refractivity contribution in [2.24, 2.45) is 4.99 Å². The Hall–Kier alpha value is -1.70. The van der Waals surface area contributed by atoms with Crippen molar-refractivity contribution in [3.63, 3.8) is 0 Å². The van der Waals surface area contributed by atoms with E-state index in [-0.39, 0.29) is 5.91 Å². The molecule has 0 saturated heterocycles. The average Bonchev–Trinajstić information content (AvgIpc) is 2.27. The summed E-state index contributed by atoms with van der Waals surface area (Å²) in [6.45, 7) is 0. The maximum atomic E-state index is 11.3. The maximum absolute atomic E-state index is 11.3. The van der Waals surface area contributed by atoms with Crippen LogP contribution in [-0.2, 0) is 17.6 Å². The van der Waals surface area contributed by atoms with Crippen LogP contribution in [0.3, 0.4) is 0 Å². The van der Waals surface area contributed by atoms with Crippen LogP contribution in [0.15, 0.2) is 41.4 Å². The maximum Gasteiger partial charge on any atom is 0.250 e. The molecular formula is C12H11NO. The number of rotatable bonds is 0. The van der Waals surface area contributed by atoms with Gasteiger partial charge in [0.2, 0.25) is 5.91 Å². The first-order valence-electron chi connectivity index (χ1n) is 4.65. The average molecular weight is 185 g/mol. The van der Waals surface area contributed by atoms with Gasteiger partial charge in [-0.3, -0.25) is 4.79 Å². The van der Waals surface area contributed by atoms with E-state index in [2.05, 4.69) is 11.1 Å². The molecule has 70 valence electrons. The molecule has 0 unspecified atom stereocenters. The zero-order valence-electron chi connectivity index (χ0n) is 7.81. The van der Waals surface area contributed by atoms with Crippen molar-refractivity contribution in [1.82, 2.24) is 0 Å². The van der Waals surface area contributed by atoms with Gasteiger partial charge in [-0.15, -0.1) is 0 Å². The predicted octanol–water partition coefficient (Wildman–Crippen LogP) is 1.94. The highest BCUT2D eigenvalue weighted by molar-refractivity contribution is 5.90. The molecule has 0 radical (unpaired) electrons. The third kappa shape index (κ3) is 1.96. The van der Waals surface area contributed by atoms with Gasteiger partial charge in [0, 0.05) is 6.21 Å². The van der Waals surface area contributed by atoms with E-state index in [4.69, 9.17) is 0 Å². The van der Waals surface area contributed by atoms with Gasteiger partial charge in [-0.2, -0.15) is 0 Å². The number of hydrogen-bond donors (Lipinski definition) is 0. The molecule has 0 bridgehead atoms. The monoisotopic (exact) mass is 185 g/mol. The molecule has 14 heavy (non-hydrogen) atoms. The van der Waals surface area contributed by atoms with Gasteiger partial charge in [0.1, 0.15) is 0 Å². The zero-order chi connectivity index (χ0) is 9.80. The Labute approximate surface area is 83.0 Å². The number of aliphatic imine (C=N–C) groups is 1. The van der Waals surface area contributed by atoms with Crippen LogP contribution >= 0.6 is 0 Å². The lowest BCUT2D eigenvalue weighted by molar-refractivity contribution is -0.117. The number of allylic oxidation sites excluding steroid dienone is 2. The Kier molecular flexibility index (Phi) is 2.54. The second-order valence-corrected chi connectivity index (χ2v) is 3.25. The topological polar surface area (TPSA) is 29.4 Å². The lowest BCUT2D eigenvalue weighted by Gasteiger charge is -2.03. The van der Waals surface area contributed by atoms with Gasteiger partial charge in [-0.25, -0.2) is 4.99 Å². The van der Waals surface area contributed by atoms with Crippen LogP contribution in [0.4, 0.5) is 0 Å². The first-order chi connectivity index (χ1) is 6.86. The Morgan fingerprint density at radius 1 is 1.14 bits per heavy atom. The smallest absolute Gasteiger partial charge is 0.250 e. The lowest BCUT2D eigenvalue weighted by Crippen LogP contribution is -2.01. The van der Waals surface area contributed by atoms with Crippen molar-refractivity contribution in [1.29, 1.82) is 0 Å². The van der Waals surface area contributed by atoms with Crippen molar-refractivity contribution >= 4 is 12.1 Å². The Morgan fingerprint density at radius 3 is 2.79 bits per heavy atom. The normalized spacial score (nSPS) is 15.6. The summed E-state index contributed by atoms with van der Waals surface area (Å²) in [4.78, 5) is 15.1. The molecule has 0 aliphatic carbocycles. The van der Waals surface area contributed by atoms with E-state index < -0.39 is 0 Å². The Balaban J connectivity index is 2.39. The quantitative estimate of drug-likeness (QED) is 0.607. The van der Waals surface area contributed by atoms with Gasteiger partial charge in [0.25, 0.3) is 0 Å². The molecule has 1 aliphatic heterocycles. The van der Waals surface area contributed by atoms with E-state index in [0.717, 1.165) is 12.0 Å². The van der Waals surface area contributed by atoms with E-state index >= 15 is 0 Å². The van der Waals surface area contributed by atoms with E-state index in [9.17, 15) is 4.79 Å². The molecule has 1 heterocycles. The molecule has 2 rings (SSSR count). The molecular weight excluding hydrogens is 174 g/mol. The first-order valence-corrected chi connectivity index (χ1v) is 4.65. The van der Waals surface area contributed by atoms with Crippen molar-refractivity contribution in [2.75, 3.05) is 0 Å². The first kappa shape index (κ1) is 8.88. The van der Waals surface area contributed by atoms with Gasteiger partial charge in [0.15, 0.2) is 0 Å². The molecule has 0 spiro atoms. The molecule has 0 saturated carbocycles. The second-order valence-electron chi connectivity index (χ2n) is 3.25. The second kappa shape index (κ2) is 4.01. The third-order valence-corrected chi connectivity index (χ3v) is 2.24. The molecule has 0 N–H and O–H groups in total. The van der Waals surface area contributed by atoms with Crippen LogP contribution in [0.5, 0.6) is 0 Å². The summed E-state index contributed by atoms with van der Waals surface area (Å²) in [6, 6.07) is 7.99. The standard InChI is InChI=1S/C12H11NO/c14-12-9-11-7-2-1-5-10(11)6-3-4-8-13-12/h1-5,7-8H,6,9H2. The minimum atomic E-state index is -0.0796. The summed E-state index contributed by atoms with van der Waals surface area (Å²) >= 11 is 0. The van der Waals surface area contributed by atoms with Crippen molar-refractivity contribution in [3.8, 4) is 0 Å². The SMILES string of the molecule is O=C1Cc2ccccc2CC=CC=N1. The zero-order valence-corrected chi connectivity index (χ0v) is 7.81. The Morgan fingerprint density at radius 2 is 1.93 bits per heavy atom. The Bertz CT molecular complexity index is 405. The largest absolute Gasteiger partial charge is 0.272 e. The minimum absolute atomic E-state index is 0.0796.